The molecule has 2 N–H and O–H groups in total. The first-order valence-corrected chi connectivity index (χ1v) is 7.98. The van der Waals surface area contributed by atoms with E-state index in [1.54, 1.807) is 38.1 Å². The number of nitriles is 2. The average Bonchev–Trinajstić information content (AvgIpc) is 2.61. The summed E-state index contributed by atoms with van der Waals surface area (Å²) in [5.41, 5.74) is 2.37. The largest absolute Gasteiger partial charge is 0.479 e. The molecule has 0 fully saturated rings. The Morgan fingerprint density at radius 1 is 1.23 bits per heavy atom. The zero-order chi connectivity index (χ0) is 19.1. The van der Waals surface area contributed by atoms with Gasteiger partial charge in [-0.15, -0.1) is 0 Å². The van der Waals surface area contributed by atoms with Crippen LogP contribution >= 0.6 is 0 Å². The standard InChI is InChI=1S/C19H18N4O3/c1-12-16(13(2)22-19(25)17(12)11-21)7-8-18(24)23-14-3-5-15(6-4-14)26-10-9-20/h3-6H,7-8,10H2,1-2H3,(H,22,25)(H,23,24). The second kappa shape index (κ2) is 8.50. The lowest BCUT2D eigenvalue weighted by molar-refractivity contribution is -0.116. The van der Waals surface area contributed by atoms with Gasteiger partial charge in [-0.05, 0) is 55.7 Å². The van der Waals surface area contributed by atoms with Crippen LogP contribution in [0.3, 0.4) is 0 Å². The summed E-state index contributed by atoms with van der Waals surface area (Å²) in [6.45, 7) is 3.44. The Kier molecular flexibility index (Phi) is 6.13. The predicted octanol–water partition coefficient (Wildman–Crippen LogP) is 2.34. The van der Waals surface area contributed by atoms with Gasteiger partial charge in [0.1, 0.15) is 23.5 Å². The molecule has 7 nitrogen and oxygen atoms in total. The van der Waals surface area contributed by atoms with Crippen LogP contribution in [-0.2, 0) is 11.2 Å². The van der Waals surface area contributed by atoms with Crippen LogP contribution in [0.1, 0.15) is 28.8 Å². The number of nitrogens with zero attached hydrogens (tertiary/aromatic N) is 2. The number of hydrogen-bond donors (Lipinski definition) is 2. The molecule has 1 heterocycles. The number of ether oxygens (including phenoxy) is 1. The summed E-state index contributed by atoms with van der Waals surface area (Å²) in [4.78, 5) is 26.5. The molecule has 0 spiro atoms. The first-order chi connectivity index (χ1) is 12.5. The summed E-state index contributed by atoms with van der Waals surface area (Å²) in [7, 11) is 0. The maximum absolute atomic E-state index is 12.2. The average molecular weight is 350 g/mol. The molecule has 0 aliphatic heterocycles. The summed E-state index contributed by atoms with van der Waals surface area (Å²) in [5.74, 6) is 0.368. The van der Waals surface area contributed by atoms with E-state index in [0.717, 1.165) is 5.56 Å². The number of H-pyrrole nitrogens is 1. The van der Waals surface area contributed by atoms with Crippen LogP contribution in [0.15, 0.2) is 29.1 Å². The molecule has 0 bridgehead atoms. The number of aromatic amines is 1. The fourth-order valence-corrected chi connectivity index (χ4v) is 2.63. The third-order valence-electron chi connectivity index (χ3n) is 3.96. The number of aromatic nitrogens is 1. The van der Waals surface area contributed by atoms with Crippen molar-refractivity contribution in [3.63, 3.8) is 0 Å². The summed E-state index contributed by atoms with van der Waals surface area (Å²) in [5, 5.41) is 20.3. The van der Waals surface area contributed by atoms with Crippen LogP contribution in [0.25, 0.3) is 0 Å². The minimum Gasteiger partial charge on any atom is -0.479 e. The maximum atomic E-state index is 12.2. The number of pyridine rings is 1. The minimum absolute atomic E-state index is 0.0335. The third kappa shape index (κ3) is 4.49. The van der Waals surface area contributed by atoms with Crippen molar-refractivity contribution >= 4 is 11.6 Å². The highest BCUT2D eigenvalue weighted by Gasteiger charge is 2.13. The molecule has 0 aliphatic carbocycles. The van der Waals surface area contributed by atoms with Crippen LogP contribution < -0.4 is 15.6 Å². The van der Waals surface area contributed by atoms with E-state index in [4.69, 9.17) is 15.3 Å². The van der Waals surface area contributed by atoms with Gasteiger partial charge in [0.15, 0.2) is 6.61 Å². The fourth-order valence-electron chi connectivity index (χ4n) is 2.63. The van der Waals surface area contributed by atoms with Crippen molar-refractivity contribution in [2.45, 2.75) is 26.7 Å². The molecule has 1 aromatic heterocycles. The van der Waals surface area contributed by atoms with Gasteiger partial charge in [-0.2, -0.15) is 10.5 Å². The quantitative estimate of drug-likeness (QED) is 0.829. The van der Waals surface area contributed by atoms with Gasteiger partial charge >= 0.3 is 0 Å². The number of carbonyl (C=O) groups is 1. The Morgan fingerprint density at radius 3 is 2.54 bits per heavy atom. The number of rotatable bonds is 6. The second-order valence-electron chi connectivity index (χ2n) is 5.69. The van der Waals surface area contributed by atoms with Crippen molar-refractivity contribution in [3.05, 3.63) is 57.0 Å². The van der Waals surface area contributed by atoms with E-state index in [-0.39, 0.29) is 24.5 Å². The summed E-state index contributed by atoms with van der Waals surface area (Å²) in [6, 6.07) is 10.5. The lowest BCUT2D eigenvalue weighted by Crippen LogP contribution is -2.18. The van der Waals surface area contributed by atoms with Crippen molar-refractivity contribution in [2.75, 3.05) is 11.9 Å². The van der Waals surface area contributed by atoms with Crippen LogP contribution in [-0.4, -0.2) is 17.5 Å². The first-order valence-electron chi connectivity index (χ1n) is 7.98. The molecule has 0 radical (unpaired) electrons. The Labute approximate surface area is 150 Å². The SMILES string of the molecule is Cc1[nH]c(=O)c(C#N)c(C)c1CCC(=O)Nc1ccc(OCC#N)cc1. The van der Waals surface area contributed by atoms with Gasteiger partial charge < -0.3 is 15.0 Å². The lowest BCUT2D eigenvalue weighted by atomic mass is 9.99. The molecule has 2 rings (SSSR count). The molecule has 0 saturated heterocycles. The van der Waals surface area contributed by atoms with E-state index in [2.05, 4.69) is 10.3 Å². The smallest absolute Gasteiger partial charge is 0.266 e. The molecule has 2 aromatic rings. The number of aryl methyl sites for hydroxylation is 1. The molecular weight excluding hydrogens is 332 g/mol. The molecule has 7 heteroatoms. The first kappa shape index (κ1) is 18.8. The Morgan fingerprint density at radius 2 is 1.92 bits per heavy atom. The Bertz CT molecular complexity index is 947. The highest BCUT2D eigenvalue weighted by atomic mass is 16.5. The van der Waals surface area contributed by atoms with Crippen molar-refractivity contribution in [3.8, 4) is 17.9 Å². The molecule has 26 heavy (non-hydrogen) atoms. The summed E-state index contributed by atoms with van der Waals surface area (Å²) >= 11 is 0. The number of hydrogen-bond acceptors (Lipinski definition) is 5. The van der Waals surface area contributed by atoms with Gasteiger partial charge in [-0.25, -0.2) is 0 Å². The lowest BCUT2D eigenvalue weighted by Gasteiger charge is -2.11. The summed E-state index contributed by atoms with van der Waals surface area (Å²) < 4.78 is 5.15. The van der Waals surface area contributed by atoms with Gasteiger partial charge in [0.2, 0.25) is 5.91 Å². The maximum Gasteiger partial charge on any atom is 0.266 e. The molecule has 0 saturated carbocycles. The molecule has 0 atom stereocenters. The van der Waals surface area contributed by atoms with Crippen molar-refractivity contribution < 1.29 is 9.53 Å². The third-order valence-corrected chi connectivity index (χ3v) is 3.96. The number of amides is 1. The van der Waals surface area contributed by atoms with Gasteiger partial charge in [0.05, 0.1) is 0 Å². The normalized spacial score (nSPS) is 9.85. The van der Waals surface area contributed by atoms with Crippen LogP contribution in [0.5, 0.6) is 5.75 Å². The molecular formula is C19H18N4O3. The van der Waals surface area contributed by atoms with E-state index in [1.165, 1.54) is 0 Å². The van der Waals surface area contributed by atoms with Gasteiger partial charge in [0.25, 0.3) is 5.56 Å². The van der Waals surface area contributed by atoms with Crippen molar-refractivity contribution in [1.29, 1.82) is 10.5 Å². The Hall–Kier alpha value is -3.58. The fraction of sp³-hybridized carbons (Fsp3) is 0.263. The zero-order valence-electron chi connectivity index (χ0n) is 14.5. The van der Waals surface area contributed by atoms with E-state index < -0.39 is 5.56 Å². The molecule has 0 unspecified atom stereocenters. The van der Waals surface area contributed by atoms with E-state index in [1.807, 2.05) is 12.1 Å². The molecule has 1 amide bonds. The highest BCUT2D eigenvalue weighted by molar-refractivity contribution is 5.90. The van der Waals surface area contributed by atoms with Crippen LogP contribution in [0, 0.1) is 36.5 Å². The number of nitrogens with one attached hydrogen (secondary N) is 2. The van der Waals surface area contributed by atoms with Crippen LogP contribution in [0.2, 0.25) is 0 Å². The molecule has 132 valence electrons. The highest BCUT2D eigenvalue weighted by Crippen LogP contribution is 2.17. The zero-order valence-corrected chi connectivity index (χ0v) is 14.5. The summed E-state index contributed by atoms with van der Waals surface area (Å²) in [6.07, 6.45) is 0.629. The second-order valence-corrected chi connectivity index (χ2v) is 5.69. The van der Waals surface area contributed by atoms with Gasteiger partial charge in [0, 0.05) is 17.8 Å². The van der Waals surface area contributed by atoms with Crippen LogP contribution in [0.4, 0.5) is 5.69 Å². The number of anilines is 1. The van der Waals surface area contributed by atoms with E-state index in [9.17, 15) is 9.59 Å². The predicted molar refractivity (Wildman–Crippen MR) is 95.8 cm³/mol. The van der Waals surface area contributed by atoms with Crippen molar-refractivity contribution in [1.82, 2.24) is 4.98 Å². The minimum atomic E-state index is -0.408. The molecule has 0 aliphatic rings. The number of carbonyl (C=O) groups excluding carboxylic acids is 1. The number of benzene rings is 1. The van der Waals surface area contributed by atoms with E-state index in [0.29, 0.717) is 29.1 Å². The Balaban J connectivity index is 2.01. The topological polar surface area (TPSA) is 119 Å². The van der Waals surface area contributed by atoms with Crippen molar-refractivity contribution in [2.24, 2.45) is 0 Å². The van der Waals surface area contributed by atoms with E-state index >= 15 is 0 Å². The van der Waals surface area contributed by atoms with Gasteiger partial charge in [-0.3, -0.25) is 9.59 Å². The monoisotopic (exact) mass is 350 g/mol. The molecule has 1 aromatic carbocycles. The van der Waals surface area contributed by atoms with Gasteiger partial charge in [-0.1, -0.05) is 0 Å².